The molecule has 0 radical (unpaired) electrons. The third-order valence-electron chi connectivity index (χ3n) is 4.13. The number of aryl methyl sites for hydroxylation is 2. The highest BCUT2D eigenvalue weighted by Crippen LogP contribution is 2.23. The number of pyridine rings is 2. The molecule has 0 amide bonds. The zero-order chi connectivity index (χ0) is 18.1. The molecule has 4 heterocycles. The number of aromatic nitrogens is 5. The van der Waals surface area contributed by atoms with Gasteiger partial charge in [-0.15, -0.1) is 0 Å². The fourth-order valence-corrected chi connectivity index (χ4v) is 3.30. The number of hydrogen-bond acceptors (Lipinski definition) is 5. The summed E-state index contributed by atoms with van der Waals surface area (Å²) in [4.78, 5) is 17.7. The lowest BCUT2D eigenvalue weighted by molar-refractivity contribution is 1.05. The maximum atomic E-state index is 4.64. The van der Waals surface area contributed by atoms with Crippen molar-refractivity contribution in [3.63, 3.8) is 0 Å². The second kappa shape index (κ2) is 6.84. The van der Waals surface area contributed by atoms with Crippen LogP contribution in [0.2, 0.25) is 0 Å². The zero-order valence-electron chi connectivity index (χ0n) is 14.4. The topological polar surface area (TPSA) is 68.0 Å². The van der Waals surface area contributed by atoms with Gasteiger partial charge >= 0.3 is 0 Å². The van der Waals surface area contributed by atoms with Crippen LogP contribution in [0.5, 0.6) is 0 Å². The molecule has 6 nitrogen and oxygen atoms in total. The van der Waals surface area contributed by atoms with Crippen LogP contribution in [0.1, 0.15) is 16.7 Å². The molecule has 0 aliphatic rings. The van der Waals surface area contributed by atoms with Crippen LogP contribution in [0.4, 0.5) is 5.82 Å². The van der Waals surface area contributed by atoms with Crippen LogP contribution in [0.15, 0.2) is 53.9 Å². The summed E-state index contributed by atoms with van der Waals surface area (Å²) in [7, 11) is 0. The summed E-state index contributed by atoms with van der Waals surface area (Å²) in [5.41, 5.74) is 6.11. The Hall–Kier alpha value is -2.80. The first kappa shape index (κ1) is 16.7. The maximum absolute atomic E-state index is 4.64. The average Bonchev–Trinajstić information content (AvgIpc) is 3.02. The van der Waals surface area contributed by atoms with Crippen molar-refractivity contribution in [1.29, 1.82) is 0 Å². The van der Waals surface area contributed by atoms with Crippen molar-refractivity contribution in [2.75, 3.05) is 5.32 Å². The molecule has 7 heteroatoms. The average molecular weight is 409 g/mol. The summed E-state index contributed by atoms with van der Waals surface area (Å²) in [6.07, 6.45) is 11.0. The van der Waals surface area contributed by atoms with Gasteiger partial charge < -0.3 is 5.32 Å². The summed E-state index contributed by atoms with van der Waals surface area (Å²) in [6, 6.07) is 4.24. The molecule has 4 aromatic rings. The molecule has 0 unspecified atom stereocenters. The highest BCUT2D eigenvalue weighted by atomic mass is 79.9. The number of imidazole rings is 1. The van der Waals surface area contributed by atoms with Crippen molar-refractivity contribution in [2.45, 2.75) is 20.4 Å². The first-order valence-corrected chi connectivity index (χ1v) is 9.00. The number of nitrogens with one attached hydrogen (secondary N) is 1. The lowest BCUT2D eigenvalue weighted by atomic mass is 10.1. The van der Waals surface area contributed by atoms with E-state index in [4.69, 9.17) is 0 Å². The second-order valence-corrected chi connectivity index (χ2v) is 6.98. The van der Waals surface area contributed by atoms with E-state index in [9.17, 15) is 0 Å². The van der Waals surface area contributed by atoms with E-state index in [-0.39, 0.29) is 0 Å². The first-order valence-electron chi connectivity index (χ1n) is 8.21. The van der Waals surface area contributed by atoms with Crippen LogP contribution in [0.25, 0.3) is 16.9 Å². The molecule has 0 aromatic carbocycles. The van der Waals surface area contributed by atoms with Gasteiger partial charge in [-0.1, -0.05) is 6.07 Å². The van der Waals surface area contributed by atoms with E-state index in [1.165, 1.54) is 0 Å². The third kappa shape index (κ3) is 3.17. The van der Waals surface area contributed by atoms with Gasteiger partial charge in [0.2, 0.25) is 0 Å². The summed E-state index contributed by atoms with van der Waals surface area (Å²) in [5, 5.41) is 3.35. The van der Waals surface area contributed by atoms with Gasteiger partial charge in [0.15, 0.2) is 11.5 Å². The van der Waals surface area contributed by atoms with Gasteiger partial charge in [0.25, 0.3) is 0 Å². The molecule has 0 spiro atoms. The highest BCUT2D eigenvalue weighted by Gasteiger charge is 2.09. The molecule has 0 saturated heterocycles. The second-order valence-electron chi connectivity index (χ2n) is 6.16. The molecular formula is C19H17BrN6. The van der Waals surface area contributed by atoms with E-state index >= 15 is 0 Å². The van der Waals surface area contributed by atoms with Crippen molar-refractivity contribution in [3.05, 3.63) is 70.6 Å². The number of halogens is 1. The van der Waals surface area contributed by atoms with E-state index in [2.05, 4.69) is 60.2 Å². The van der Waals surface area contributed by atoms with Crippen molar-refractivity contribution >= 4 is 27.4 Å². The Morgan fingerprint density at radius 2 is 1.92 bits per heavy atom. The van der Waals surface area contributed by atoms with Gasteiger partial charge in [0.05, 0.1) is 11.9 Å². The number of hydrogen-bond donors (Lipinski definition) is 1. The molecule has 0 aliphatic carbocycles. The predicted octanol–water partition coefficient (Wildman–Crippen LogP) is 4.18. The Labute approximate surface area is 159 Å². The maximum Gasteiger partial charge on any atom is 0.180 e. The normalized spacial score (nSPS) is 11.0. The SMILES string of the molecule is Cc1cncc(-c2ncc(CNc3nccn4c(Br)cnc34)cc2C)c1. The molecular weight excluding hydrogens is 392 g/mol. The van der Waals surface area contributed by atoms with Crippen molar-refractivity contribution in [2.24, 2.45) is 0 Å². The summed E-state index contributed by atoms with van der Waals surface area (Å²) in [5.74, 6) is 0.739. The molecule has 0 fully saturated rings. The van der Waals surface area contributed by atoms with E-state index in [0.29, 0.717) is 6.54 Å². The zero-order valence-corrected chi connectivity index (χ0v) is 16.0. The standard InChI is InChI=1S/C19H17BrN6/c1-12-5-15(10-21-7-12)17-13(2)6-14(8-23-17)9-24-18-19-25-11-16(20)26(19)4-3-22-18/h3-8,10-11H,9H2,1-2H3,(H,22,24). The summed E-state index contributed by atoms with van der Waals surface area (Å²) >= 11 is 3.47. The van der Waals surface area contributed by atoms with Crippen molar-refractivity contribution < 1.29 is 0 Å². The van der Waals surface area contributed by atoms with Gasteiger partial charge in [-0.05, 0) is 52.5 Å². The molecule has 1 N–H and O–H groups in total. The van der Waals surface area contributed by atoms with Crippen LogP contribution in [0, 0.1) is 13.8 Å². The lowest BCUT2D eigenvalue weighted by Crippen LogP contribution is -2.05. The van der Waals surface area contributed by atoms with Gasteiger partial charge in [-0.2, -0.15) is 0 Å². The van der Waals surface area contributed by atoms with Crippen molar-refractivity contribution in [1.82, 2.24) is 24.3 Å². The minimum absolute atomic E-state index is 0.622. The number of rotatable bonds is 4. The molecule has 130 valence electrons. The van der Waals surface area contributed by atoms with E-state index in [1.54, 1.807) is 12.4 Å². The monoisotopic (exact) mass is 408 g/mol. The van der Waals surface area contributed by atoms with Crippen LogP contribution in [-0.4, -0.2) is 24.3 Å². The number of fused-ring (bicyclic) bond motifs is 1. The van der Waals surface area contributed by atoms with Crippen molar-refractivity contribution in [3.8, 4) is 11.3 Å². The Balaban J connectivity index is 1.56. The molecule has 26 heavy (non-hydrogen) atoms. The van der Waals surface area contributed by atoms with Crippen LogP contribution in [0.3, 0.4) is 0 Å². The smallest absolute Gasteiger partial charge is 0.180 e. The third-order valence-corrected chi connectivity index (χ3v) is 4.71. The largest absolute Gasteiger partial charge is 0.363 e. The minimum Gasteiger partial charge on any atom is -0.363 e. The van der Waals surface area contributed by atoms with E-state index in [1.807, 2.05) is 36.1 Å². The fourth-order valence-electron chi connectivity index (χ4n) is 2.92. The first-order chi connectivity index (χ1) is 12.6. The van der Waals surface area contributed by atoms with Gasteiger partial charge in [-0.25, -0.2) is 9.97 Å². The lowest BCUT2D eigenvalue weighted by Gasteiger charge is -2.10. The molecule has 0 atom stereocenters. The molecule has 0 bridgehead atoms. The molecule has 0 saturated carbocycles. The minimum atomic E-state index is 0.622. The van der Waals surface area contributed by atoms with E-state index < -0.39 is 0 Å². The Bertz CT molecular complexity index is 1090. The fraction of sp³-hybridized carbons (Fsp3) is 0.158. The summed E-state index contributed by atoms with van der Waals surface area (Å²) < 4.78 is 2.83. The number of nitrogens with zero attached hydrogens (tertiary/aromatic N) is 5. The molecule has 4 aromatic heterocycles. The highest BCUT2D eigenvalue weighted by molar-refractivity contribution is 9.10. The predicted molar refractivity (Wildman–Crippen MR) is 105 cm³/mol. The van der Waals surface area contributed by atoms with Crippen LogP contribution in [-0.2, 0) is 6.54 Å². The Morgan fingerprint density at radius 1 is 1.04 bits per heavy atom. The van der Waals surface area contributed by atoms with Gasteiger partial charge in [0.1, 0.15) is 4.60 Å². The Kier molecular flexibility index (Phi) is 4.38. The quantitative estimate of drug-likeness (QED) is 0.548. The molecule has 4 rings (SSSR count). The van der Waals surface area contributed by atoms with E-state index in [0.717, 1.165) is 44.0 Å². The van der Waals surface area contributed by atoms with Crippen LogP contribution < -0.4 is 5.32 Å². The van der Waals surface area contributed by atoms with Crippen LogP contribution >= 0.6 is 15.9 Å². The van der Waals surface area contributed by atoms with Gasteiger partial charge in [0, 0.05) is 43.1 Å². The summed E-state index contributed by atoms with van der Waals surface area (Å²) in [6.45, 7) is 4.72. The van der Waals surface area contributed by atoms with Gasteiger partial charge in [-0.3, -0.25) is 14.4 Å². The molecule has 0 aliphatic heterocycles. The Morgan fingerprint density at radius 3 is 2.73 bits per heavy atom. The number of anilines is 1.